The molecule has 0 radical (unpaired) electrons. The zero-order valence-electron chi connectivity index (χ0n) is 7.70. The van der Waals surface area contributed by atoms with E-state index in [4.69, 9.17) is 0 Å². The third-order valence-corrected chi connectivity index (χ3v) is 1.83. The van der Waals surface area contributed by atoms with Crippen LogP contribution in [-0.2, 0) is 0 Å². The zero-order valence-corrected chi connectivity index (χ0v) is 7.70. The molecule has 1 N–H and O–H groups in total. The first kappa shape index (κ1) is 10.9. The summed E-state index contributed by atoms with van der Waals surface area (Å²) in [6.07, 6.45) is 4.99. The molecule has 0 aromatic heterocycles. The maximum atomic E-state index is 11.7. The van der Waals surface area contributed by atoms with Crippen molar-refractivity contribution in [3.63, 3.8) is 0 Å². The Morgan fingerprint density at radius 1 is 1.36 bits per heavy atom. The lowest BCUT2D eigenvalue weighted by molar-refractivity contribution is 0.422. The van der Waals surface area contributed by atoms with Gasteiger partial charge in [0.15, 0.2) is 0 Å². The van der Waals surface area contributed by atoms with Crippen molar-refractivity contribution in [3.8, 4) is 0 Å². The molecule has 68 valence electrons. The van der Waals surface area contributed by atoms with Gasteiger partial charge in [0, 0.05) is 12.6 Å². The molecule has 0 bridgehead atoms. The van der Waals surface area contributed by atoms with Crippen LogP contribution in [0.3, 0.4) is 0 Å². The van der Waals surface area contributed by atoms with Crippen LogP contribution in [0.5, 0.6) is 0 Å². The van der Waals surface area contributed by atoms with Crippen molar-refractivity contribution in [2.45, 2.75) is 45.6 Å². The van der Waals surface area contributed by atoms with Crippen LogP contribution in [0.1, 0.15) is 39.5 Å². The Labute approximate surface area is 69.4 Å². The van der Waals surface area contributed by atoms with Gasteiger partial charge >= 0.3 is 0 Å². The van der Waals surface area contributed by atoms with Gasteiger partial charge in [0.1, 0.15) is 6.67 Å². The van der Waals surface area contributed by atoms with E-state index in [1.54, 1.807) is 0 Å². The molecule has 0 heterocycles. The van der Waals surface area contributed by atoms with Crippen molar-refractivity contribution in [2.75, 3.05) is 13.2 Å². The van der Waals surface area contributed by atoms with Crippen LogP contribution < -0.4 is 5.32 Å². The second kappa shape index (κ2) is 7.99. The van der Waals surface area contributed by atoms with E-state index in [-0.39, 0.29) is 6.67 Å². The summed E-state index contributed by atoms with van der Waals surface area (Å²) in [4.78, 5) is 0. The van der Waals surface area contributed by atoms with Crippen LogP contribution in [0, 0.1) is 0 Å². The van der Waals surface area contributed by atoms with Crippen LogP contribution in [0.4, 0.5) is 4.39 Å². The summed E-state index contributed by atoms with van der Waals surface area (Å²) in [6, 6.07) is 0.484. The summed E-state index contributed by atoms with van der Waals surface area (Å²) in [6.45, 7) is 4.57. The Bertz CT molecular complexity index is 76.0. The standard InChI is InChI=1S/C9H20FN/c1-3-4-5-6-9(2)11-8-7-10/h9,11H,3-8H2,1-2H3/t9-/m0/s1. The summed E-state index contributed by atoms with van der Waals surface area (Å²) in [5.41, 5.74) is 0. The fourth-order valence-electron chi connectivity index (χ4n) is 1.10. The maximum absolute atomic E-state index is 11.7. The molecule has 0 saturated carbocycles. The number of unbranched alkanes of at least 4 members (excludes halogenated alkanes) is 2. The van der Waals surface area contributed by atoms with E-state index in [9.17, 15) is 4.39 Å². The minimum atomic E-state index is -0.252. The van der Waals surface area contributed by atoms with Crippen molar-refractivity contribution < 1.29 is 4.39 Å². The zero-order chi connectivity index (χ0) is 8.53. The molecule has 0 fully saturated rings. The van der Waals surface area contributed by atoms with Crippen molar-refractivity contribution >= 4 is 0 Å². The lowest BCUT2D eigenvalue weighted by Crippen LogP contribution is -2.27. The highest BCUT2D eigenvalue weighted by atomic mass is 19.1. The Hall–Kier alpha value is -0.110. The molecule has 0 rings (SSSR count). The molecule has 1 atom stereocenters. The van der Waals surface area contributed by atoms with E-state index in [0.29, 0.717) is 12.6 Å². The number of rotatable bonds is 7. The minimum Gasteiger partial charge on any atom is -0.312 e. The maximum Gasteiger partial charge on any atom is 0.102 e. The van der Waals surface area contributed by atoms with Crippen LogP contribution in [0.15, 0.2) is 0 Å². The lowest BCUT2D eigenvalue weighted by Gasteiger charge is -2.11. The van der Waals surface area contributed by atoms with Gasteiger partial charge in [0.05, 0.1) is 0 Å². The summed E-state index contributed by atoms with van der Waals surface area (Å²) in [5.74, 6) is 0. The predicted molar refractivity (Wildman–Crippen MR) is 47.6 cm³/mol. The number of alkyl halides is 1. The van der Waals surface area contributed by atoms with E-state index in [1.807, 2.05) is 0 Å². The molecule has 0 spiro atoms. The molecule has 0 aromatic rings. The van der Waals surface area contributed by atoms with E-state index >= 15 is 0 Å². The molecule has 0 amide bonds. The quantitative estimate of drug-likeness (QED) is 0.566. The molecule has 0 aliphatic heterocycles. The summed E-state index contributed by atoms with van der Waals surface area (Å²) in [5, 5.41) is 3.12. The first-order valence-corrected chi connectivity index (χ1v) is 4.60. The normalized spacial score (nSPS) is 13.4. The third kappa shape index (κ3) is 7.79. The summed E-state index contributed by atoms with van der Waals surface area (Å²) < 4.78 is 11.7. The van der Waals surface area contributed by atoms with Gasteiger partial charge in [-0.05, 0) is 13.3 Å². The van der Waals surface area contributed by atoms with E-state index in [2.05, 4.69) is 19.2 Å². The monoisotopic (exact) mass is 161 g/mol. The average Bonchev–Trinajstić information content (AvgIpc) is 2.01. The molecule has 0 aromatic carbocycles. The lowest BCUT2D eigenvalue weighted by atomic mass is 10.1. The van der Waals surface area contributed by atoms with Crippen LogP contribution in [-0.4, -0.2) is 19.3 Å². The average molecular weight is 161 g/mol. The molecule has 2 heteroatoms. The van der Waals surface area contributed by atoms with Gasteiger partial charge in [-0.1, -0.05) is 26.2 Å². The molecular weight excluding hydrogens is 141 g/mol. The SMILES string of the molecule is CCCCC[C@H](C)NCCF. The Kier molecular flexibility index (Phi) is 7.91. The Balaban J connectivity index is 3.02. The predicted octanol–water partition coefficient (Wildman–Crippen LogP) is 2.51. The van der Waals surface area contributed by atoms with Crippen LogP contribution in [0.25, 0.3) is 0 Å². The minimum absolute atomic E-state index is 0.252. The topological polar surface area (TPSA) is 12.0 Å². The summed E-state index contributed by atoms with van der Waals surface area (Å²) in [7, 11) is 0. The largest absolute Gasteiger partial charge is 0.312 e. The van der Waals surface area contributed by atoms with Gasteiger partial charge < -0.3 is 5.32 Å². The number of halogens is 1. The van der Waals surface area contributed by atoms with Gasteiger partial charge in [-0.2, -0.15) is 0 Å². The van der Waals surface area contributed by atoms with Crippen molar-refractivity contribution in [1.82, 2.24) is 5.32 Å². The highest BCUT2D eigenvalue weighted by Gasteiger charge is 1.98. The Morgan fingerprint density at radius 2 is 2.09 bits per heavy atom. The molecule has 1 nitrogen and oxygen atoms in total. The first-order valence-electron chi connectivity index (χ1n) is 4.60. The first-order chi connectivity index (χ1) is 5.31. The van der Waals surface area contributed by atoms with Crippen LogP contribution in [0.2, 0.25) is 0 Å². The third-order valence-electron chi connectivity index (χ3n) is 1.83. The molecule has 0 unspecified atom stereocenters. The number of hydrogen-bond acceptors (Lipinski definition) is 1. The fourth-order valence-corrected chi connectivity index (χ4v) is 1.10. The van der Waals surface area contributed by atoms with Gasteiger partial charge in [-0.3, -0.25) is 0 Å². The second-order valence-corrected chi connectivity index (χ2v) is 3.04. The molecule has 11 heavy (non-hydrogen) atoms. The molecule has 0 aliphatic rings. The van der Waals surface area contributed by atoms with Gasteiger partial charge in [0.2, 0.25) is 0 Å². The second-order valence-electron chi connectivity index (χ2n) is 3.04. The summed E-state index contributed by atoms with van der Waals surface area (Å²) >= 11 is 0. The molecule has 0 aliphatic carbocycles. The van der Waals surface area contributed by atoms with E-state index in [1.165, 1.54) is 25.7 Å². The molecular formula is C9H20FN. The smallest absolute Gasteiger partial charge is 0.102 e. The highest BCUT2D eigenvalue weighted by molar-refractivity contribution is 4.59. The van der Waals surface area contributed by atoms with Gasteiger partial charge in [0.25, 0.3) is 0 Å². The highest BCUT2D eigenvalue weighted by Crippen LogP contribution is 2.02. The molecule has 0 saturated heterocycles. The van der Waals surface area contributed by atoms with Crippen molar-refractivity contribution in [1.29, 1.82) is 0 Å². The fraction of sp³-hybridized carbons (Fsp3) is 1.00. The number of nitrogens with one attached hydrogen (secondary N) is 1. The van der Waals surface area contributed by atoms with E-state index in [0.717, 1.165) is 0 Å². The van der Waals surface area contributed by atoms with Gasteiger partial charge in [-0.25, -0.2) is 4.39 Å². The van der Waals surface area contributed by atoms with Crippen molar-refractivity contribution in [3.05, 3.63) is 0 Å². The van der Waals surface area contributed by atoms with Crippen LogP contribution >= 0.6 is 0 Å². The van der Waals surface area contributed by atoms with E-state index < -0.39 is 0 Å². The van der Waals surface area contributed by atoms with Crippen molar-refractivity contribution in [2.24, 2.45) is 0 Å². The Morgan fingerprint density at radius 3 is 2.64 bits per heavy atom. The van der Waals surface area contributed by atoms with Gasteiger partial charge in [-0.15, -0.1) is 0 Å². The number of hydrogen-bond donors (Lipinski definition) is 1.